The summed E-state index contributed by atoms with van der Waals surface area (Å²) in [5, 5.41) is 14.1. The summed E-state index contributed by atoms with van der Waals surface area (Å²) >= 11 is 0. The number of halogens is 3. The first-order valence-electron chi connectivity index (χ1n) is 19.6. The summed E-state index contributed by atoms with van der Waals surface area (Å²) in [5.74, 6) is -2.54. The van der Waals surface area contributed by atoms with Crippen molar-refractivity contribution in [2.45, 2.75) is 38.7 Å². The van der Waals surface area contributed by atoms with Crippen molar-refractivity contribution in [2.24, 2.45) is 0 Å². The van der Waals surface area contributed by atoms with E-state index in [9.17, 15) is 36.0 Å². The van der Waals surface area contributed by atoms with Crippen LogP contribution in [-0.4, -0.2) is 108 Å². The molecular formula is C43H51F3N4O10S. The molecule has 18 heteroatoms. The molecule has 0 bridgehead atoms. The summed E-state index contributed by atoms with van der Waals surface area (Å²) < 4.78 is 86.8. The molecule has 4 rings (SSSR count). The van der Waals surface area contributed by atoms with Crippen LogP contribution in [0.2, 0.25) is 0 Å². The number of carbonyl (C=O) groups excluding carboxylic acids is 2. The first-order valence-corrected chi connectivity index (χ1v) is 21.4. The van der Waals surface area contributed by atoms with E-state index in [1.54, 1.807) is 24.3 Å². The molecule has 330 valence electrons. The number of aromatic nitrogens is 1. The fourth-order valence-corrected chi connectivity index (χ4v) is 7.13. The fourth-order valence-electron chi connectivity index (χ4n) is 5.93. The number of amides is 2. The van der Waals surface area contributed by atoms with E-state index in [-0.39, 0.29) is 74.2 Å². The number of hydrogen-bond donors (Lipinski definition) is 3. The van der Waals surface area contributed by atoms with Crippen molar-refractivity contribution < 1.29 is 60.0 Å². The zero-order chi connectivity index (χ0) is 44.3. The Balaban J connectivity index is 1.34. The van der Waals surface area contributed by atoms with Crippen molar-refractivity contribution in [1.29, 1.82) is 0 Å². The molecule has 1 aromatic heterocycles. The third-order valence-electron chi connectivity index (χ3n) is 9.08. The van der Waals surface area contributed by atoms with E-state index in [0.29, 0.717) is 55.4 Å². The van der Waals surface area contributed by atoms with E-state index >= 15 is 0 Å². The van der Waals surface area contributed by atoms with Crippen LogP contribution < -0.4 is 15.5 Å². The normalized spacial score (nSPS) is 11.6. The Morgan fingerprint density at radius 3 is 2.02 bits per heavy atom. The number of sulfone groups is 1. The number of carboxylic acid groups (broad SMARTS) is 1. The van der Waals surface area contributed by atoms with Crippen LogP contribution in [0.1, 0.15) is 57.7 Å². The topological polar surface area (TPSA) is 183 Å². The van der Waals surface area contributed by atoms with Gasteiger partial charge in [0.15, 0.2) is 9.84 Å². The SMILES string of the molecule is CCN(CC)c1ccc(NC(=O)c2cccc(CS(=O)(=O)CCOCCOCCOCCOCCC(=O)O)c2)c(-c2cc(C(=O)NCc3cccc(C(F)(F)F)c3)ccn2)c1. The van der Waals surface area contributed by atoms with Crippen molar-refractivity contribution in [1.82, 2.24) is 10.3 Å². The van der Waals surface area contributed by atoms with E-state index in [2.05, 4.69) is 20.5 Å². The predicted octanol–water partition coefficient (Wildman–Crippen LogP) is 6.25. The van der Waals surface area contributed by atoms with E-state index in [1.165, 1.54) is 36.5 Å². The number of benzene rings is 3. The van der Waals surface area contributed by atoms with Crippen molar-refractivity contribution >= 4 is 39.0 Å². The van der Waals surface area contributed by atoms with Gasteiger partial charge in [-0.1, -0.05) is 24.3 Å². The molecule has 0 radical (unpaired) electrons. The second-order valence-corrected chi connectivity index (χ2v) is 15.7. The third kappa shape index (κ3) is 16.5. The number of pyridine rings is 1. The molecule has 0 spiro atoms. The molecule has 0 aliphatic rings. The second kappa shape index (κ2) is 24.1. The molecule has 3 N–H and O–H groups in total. The lowest BCUT2D eigenvalue weighted by Gasteiger charge is -2.23. The van der Waals surface area contributed by atoms with Gasteiger partial charge < -0.3 is 39.6 Å². The first-order chi connectivity index (χ1) is 29.2. The maximum absolute atomic E-state index is 13.7. The van der Waals surface area contributed by atoms with Gasteiger partial charge in [0.2, 0.25) is 0 Å². The second-order valence-electron chi connectivity index (χ2n) is 13.6. The molecule has 4 aromatic rings. The van der Waals surface area contributed by atoms with Gasteiger partial charge in [-0.15, -0.1) is 0 Å². The van der Waals surface area contributed by atoms with Gasteiger partial charge in [-0.05, 0) is 79.6 Å². The maximum atomic E-state index is 13.7. The Bertz CT molecular complexity index is 2170. The van der Waals surface area contributed by atoms with Crippen LogP contribution in [0, 0.1) is 0 Å². The van der Waals surface area contributed by atoms with Crippen LogP contribution in [0.5, 0.6) is 0 Å². The van der Waals surface area contributed by atoms with Gasteiger partial charge in [0.25, 0.3) is 11.8 Å². The molecule has 0 saturated carbocycles. The highest BCUT2D eigenvalue weighted by molar-refractivity contribution is 7.90. The minimum Gasteiger partial charge on any atom is -0.481 e. The lowest BCUT2D eigenvalue weighted by atomic mass is 10.0. The molecule has 3 aromatic carbocycles. The Morgan fingerprint density at radius 2 is 1.36 bits per heavy atom. The zero-order valence-corrected chi connectivity index (χ0v) is 34.9. The Hall–Kier alpha value is -5.40. The largest absolute Gasteiger partial charge is 0.481 e. The van der Waals surface area contributed by atoms with Crippen molar-refractivity contribution in [3.05, 3.63) is 113 Å². The molecule has 14 nitrogen and oxygen atoms in total. The lowest BCUT2D eigenvalue weighted by Crippen LogP contribution is -2.23. The van der Waals surface area contributed by atoms with Crippen molar-refractivity contribution in [2.75, 3.05) is 81.9 Å². The number of carboxylic acids is 1. The summed E-state index contributed by atoms with van der Waals surface area (Å²) in [5.41, 5.74) is 2.35. The van der Waals surface area contributed by atoms with Gasteiger partial charge in [-0.3, -0.25) is 19.4 Å². The number of ether oxygens (including phenoxy) is 4. The quantitative estimate of drug-likeness (QED) is 0.0604. The van der Waals surface area contributed by atoms with Crippen molar-refractivity contribution in [3.8, 4) is 11.3 Å². The highest BCUT2D eigenvalue weighted by atomic mass is 32.2. The fraction of sp³-hybridized carbons (Fsp3) is 0.395. The number of nitrogens with one attached hydrogen (secondary N) is 2. The molecule has 0 atom stereocenters. The van der Waals surface area contributed by atoms with E-state index in [4.69, 9.17) is 24.1 Å². The van der Waals surface area contributed by atoms with Crippen LogP contribution in [0.3, 0.4) is 0 Å². The number of carbonyl (C=O) groups is 3. The predicted molar refractivity (Wildman–Crippen MR) is 223 cm³/mol. The molecule has 1 heterocycles. The Morgan fingerprint density at radius 1 is 0.738 bits per heavy atom. The summed E-state index contributed by atoms with van der Waals surface area (Å²) in [6.07, 6.45) is -3.16. The number of nitrogens with zero attached hydrogens (tertiary/aromatic N) is 2. The van der Waals surface area contributed by atoms with Crippen LogP contribution in [0.15, 0.2) is 85.1 Å². The standard InChI is InChI=1S/C43H51F3N4O10S/c1-3-50(4-2)36-11-12-38(37(28-36)39-27-34(13-15-47-39)41(53)48-29-31-7-6-10-35(26-31)43(44,45)46)49-42(54)33-9-5-8-32(25-33)30-61(55,56)24-23-60-22-21-59-20-19-58-18-17-57-16-14-40(51)52/h5-13,15,25-28H,3-4,14,16-24,29-30H2,1-2H3,(H,48,53)(H,49,54)(H,51,52). The highest BCUT2D eigenvalue weighted by Gasteiger charge is 2.30. The zero-order valence-electron chi connectivity index (χ0n) is 34.0. The molecule has 0 aliphatic heterocycles. The number of hydrogen-bond acceptors (Lipinski definition) is 11. The summed E-state index contributed by atoms with van der Waals surface area (Å²) in [7, 11) is -3.61. The van der Waals surface area contributed by atoms with Gasteiger partial charge in [0.05, 0.1) is 87.7 Å². The minimum atomic E-state index is -4.52. The number of aliphatic carboxylic acids is 1. The molecule has 0 saturated heterocycles. The van der Waals surface area contributed by atoms with Crippen LogP contribution >= 0.6 is 0 Å². The number of rotatable bonds is 26. The lowest BCUT2D eigenvalue weighted by molar-refractivity contribution is -0.139. The van der Waals surface area contributed by atoms with Crippen LogP contribution in [0.4, 0.5) is 24.5 Å². The van der Waals surface area contributed by atoms with Gasteiger partial charge in [-0.25, -0.2) is 8.42 Å². The summed E-state index contributed by atoms with van der Waals surface area (Å²) in [4.78, 5) is 43.9. The first kappa shape index (κ1) is 48.3. The van der Waals surface area contributed by atoms with Gasteiger partial charge in [0.1, 0.15) is 0 Å². The molecule has 61 heavy (non-hydrogen) atoms. The number of alkyl halides is 3. The van der Waals surface area contributed by atoms with E-state index in [1.807, 2.05) is 26.0 Å². The third-order valence-corrected chi connectivity index (χ3v) is 10.6. The molecular weight excluding hydrogens is 822 g/mol. The minimum absolute atomic E-state index is 0.0466. The van der Waals surface area contributed by atoms with E-state index in [0.717, 1.165) is 17.8 Å². The van der Waals surface area contributed by atoms with Crippen LogP contribution in [0.25, 0.3) is 11.3 Å². The molecule has 0 fully saturated rings. The summed E-state index contributed by atoms with van der Waals surface area (Å²) in [6, 6.07) is 19.4. The molecule has 0 unspecified atom stereocenters. The average molecular weight is 873 g/mol. The van der Waals surface area contributed by atoms with Crippen LogP contribution in [-0.2, 0) is 52.1 Å². The maximum Gasteiger partial charge on any atom is 0.416 e. The molecule has 0 aliphatic carbocycles. The van der Waals surface area contributed by atoms with Gasteiger partial charge in [0, 0.05) is 48.2 Å². The Labute approximate surface area is 353 Å². The van der Waals surface area contributed by atoms with Crippen molar-refractivity contribution in [3.63, 3.8) is 0 Å². The van der Waals surface area contributed by atoms with Gasteiger partial charge in [-0.2, -0.15) is 13.2 Å². The van der Waals surface area contributed by atoms with Gasteiger partial charge >= 0.3 is 12.1 Å². The Kier molecular flexibility index (Phi) is 19.1. The smallest absolute Gasteiger partial charge is 0.416 e. The monoisotopic (exact) mass is 872 g/mol. The highest BCUT2D eigenvalue weighted by Crippen LogP contribution is 2.33. The molecule has 2 amide bonds. The summed E-state index contributed by atoms with van der Waals surface area (Å²) in [6.45, 7) is 6.91. The average Bonchev–Trinajstić information content (AvgIpc) is 3.23. The number of anilines is 2. The van der Waals surface area contributed by atoms with E-state index < -0.39 is 39.4 Å².